The molecule has 6 nitrogen and oxygen atoms in total. The third kappa shape index (κ3) is 3.36. The SMILES string of the molecule is CC(=O)c1ccc(S(=O)(=O)N2CC(C)CC(C(=O)O)C2)cc1. The largest absolute Gasteiger partial charge is 0.481 e. The summed E-state index contributed by atoms with van der Waals surface area (Å²) in [5.41, 5.74) is 0.439. The fourth-order valence-electron chi connectivity index (χ4n) is 2.69. The molecule has 0 spiro atoms. The summed E-state index contributed by atoms with van der Waals surface area (Å²) in [6.45, 7) is 3.54. The molecule has 120 valence electrons. The lowest BCUT2D eigenvalue weighted by atomic mass is 9.92. The molecule has 0 saturated carbocycles. The first-order valence-electron chi connectivity index (χ1n) is 7.05. The quantitative estimate of drug-likeness (QED) is 0.849. The minimum absolute atomic E-state index is 0.0129. The number of carboxylic acids is 1. The Balaban J connectivity index is 2.28. The van der Waals surface area contributed by atoms with Crippen molar-refractivity contribution in [3.8, 4) is 0 Å². The maximum absolute atomic E-state index is 12.6. The molecule has 0 aliphatic carbocycles. The number of carbonyl (C=O) groups excluding carboxylic acids is 1. The first-order valence-corrected chi connectivity index (χ1v) is 8.49. The molecule has 1 aromatic carbocycles. The molecule has 1 heterocycles. The van der Waals surface area contributed by atoms with Gasteiger partial charge in [-0.3, -0.25) is 9.59 Å². The van der Waals surface area contributed by atoms with Gasteiger partial charge in [-0.05, 0) is 31.4 Å². The Morgan fingerprint density at radius 3 is 2.27 bits per heavy atom. The fraction of sp³-hybridized carbons (Fsp3) is 0.467. The van der Waals surface area contributed by atoms with Crippen molar-refractivity contribution in [1.82, 2.24) is 4.31 Å². The smallest absolute Gasteiger partial charge is 0.307 e. The predicted octanol–water partition coefficient (Wildman–Crippen LogP) is 1.62. The zero-order chi connectivity index (χ0) is 16.5. The van der Waals surface area contributed by atoms with Crippen LogP contribution in [0.25, 0.3) is 0 Å². The number of Topliss-reactive ketones (excluding diaryl/α,β-unsaturated/α-hetero) is 1. The van der Waals surface area contributed by atoms with Crippen molar-refractivity contribution in [3.05, 3.63) is 29.8 Å². The van der Waals surface area contributed by atoms with Crippen LogP contribution >= 0.6 is 0 Å². The van der Waals surface area contributed by atoms with E-state index in [0.717, 1.165) is 0 Å². The fourth-order valence-corrected chi connectivity index (χ4v) is 4.29. The van der Waals surface area contributed by atoms with Crippen molar-refractivity contribution >= 4 is 21.8 Å². The van der Waals surface area contributed by atoms with Crippen molar-refractivity contribution in [2.45, 2.75) is 25.2 Å². The average Bonchev–Trinajstić information content (AvgIpc) is 2.46. The van der Waals surface area contributed by atoms with Gasteiger partial charge in [-0.2, -0.15) is 4.31 Å². The van der Waals surface area contributed by atoms with Crippen molar-refractivity contribution in [2.75, 3.05) is 13.1 Å². The van der Waals surface area contributed by atoms with Crippen molar-refractivity contribution in [3.63, 3.8) is 0 Å². The van der Waals surface area contributed by atoms with Crippen LogP contribution in [-0.4, -0.2) is 42.7 Å². The van der Waals surface area contributed by atoms with E-state index in [9.17, 15) is 18.0 Å². The highest BCUT2D eigenvalue weighted by molar-refractivity contribution is 7.89. The normalized spacial score (nSPS) is 23.2. The van der Waals surface area contributed by atoms with Crippen LogP contribution in [0.4, 0.5) is 0 Å². The minimum Gasteiger partial charge on any atom is -0.481 e. The summed E-state index contributed by atoms with van der Waals surface area (Å²) >= 11 is 0. The Kier molecular flexibility index (Phi) is 4.67. The number of sulfonamides is 1. The first kappa shape index (κ1) is 16.6. The van der Waals surface area contributed by atoms with Gasteiger partial charge in [0.25, 0.3) is 0 Å². The molecule has 1 aliphatic heterocycles. The van der Waals surface area contributed by atoms with Gasteiger partial charge in [0.05, 0.1) is 10.8 Å². The van der Waals surface area contributed by atoms with Gasteiger partial charge in [-0.15, -0.1) is 0 Å². The summed E-state index contributed by atoms with van der Waals surface area (Å²) in [6.07, 6.45) is 0.477. The maximum Gasteiger partial charge on any atom is 0.307 e. The molecule has 0 amide bonds. The van der Waals surface area contributed by atoms with Crippen LogP contribution in [0.1, 0.15) is 30.6 Å². The number of nitrogens with zero attached hydrogens (tertiary/aromatic N) is 1. The van der Waals surface area contributed by atoms with Crippen molar-refractivity contribution in [2.24, 2.45) is 11.8 Å². The predicted molar refractivity (Wildman–Crippen MR) is 80.1 cm³/mol. The topological polar surface area (TPSA) is 91.8 Å². The van der Waals surface area contributed by atoms with Crippen molar-refractivity contribution in [1.29, 1.82) is 0 Å². The Morgan fingerprint density at radius 2 is 1.77 bits per heavy atom. The van der Waals surface area contributed by atoms with Crippen LogP contribution in [0.15, 0.2) is 29.2 Å². The number of piperidine rings is 1. The maximum atomic E-state index is 12.6. The number of hydrogen-bond donors (Lipinski definition) is 1. The Morgan fingerprint density at radius 1 is 1.18 bits per heavy atom. The van der Waals surface area contributed by atoms with E-state index in [4.69, 9.17) is 5.11 Å². The van der Waals surface area contributed by atoms with E-state index in [2.05, 4.69) is 0 Å². The molecular formula is C15H19NO5S. The average molecular weight is 325 g/mol. The van der Waals surface area contributed by atoms with Crippen LogP contribution < -0.4 is 0 Å². The number of rotatable bonds is 4. The molecule has 2 atom stereocenters. The zero-order valence-electron chi connectivity index (χ0n) is 12.5. The summed E-state index contributed by atoms with van der Waals surface area (Å²) in [5.74, 6) is -1.81. The van der Waals surface area contributed by atoms with E-state index in [1.54, 1.807) is 0 Å². The minimum atomic E-state index is -3.75. The molecule has 2 unspecified atom stereocenters. The molecule has 0 aromatic heterocycles. The highest BCUT2D eigenvalue weighted by Gasteiger charge is 2.36. The third-order valence-corrected chi connectivity index (χ3v) is 5.72. The van der Waals surface area contributed by atoms with Gasteiger partial charge >= 0.3 is 5.97 Å². The van der Waals surface area contributed by atoms with Gasteiger partial charge in [0, 0.05) is 18.7 Å². The lowest BCUT2D eigenvalue weighted by Crippen LogP contribution is -2.45. The van der Waals surface area contributed by atoms with Gasteiger partial charge in [-0.1, -0.05) is 19.1 Å². The molecule has 1 N–H and O–H groups in total. The molecule has 1 aliphatic rings. The lowest BCUT2D eigenvalue weighted by Gasteiger charge is -2.33. The van der Waals surface area contributed by atoms with E-state index in [1.807, 2.05) is 6.92 Å². The molecule has 7 heteroatoms. The lowest BCUT2D eigenvalue weighted by molar-refractivity contribution is -0.143. The van der Waals surface area contributed by atoms with Crippen LogP contribution in [0.5, 0.6) is 0 Å². The second kappa shape index (κ2) is 6.18. The summed E-state index contributed by atoms with van der Waals surface area (Å²) in [7, 11) is -3.75. The zero-order valence-corrected chi connectivity index (χ0v) is 13.3. The highest BCUT2D eigenvalue weighted by atomic mass is 32.2. The molecule has 1 saturated heterocycles. The highest BCUT2D eigenvalue weighted by Crippen LogP contribution is 2.27. The molecule has 0 radical (unpaired) electrons. The second-order valence-corrected chi connectivity index (χ2v) is 7.72. The summed E-state index contributed by atoms with van der Waals surface area (Å²) < 4.78 is 26.5. The van der Waals surface area contributed by atoms with E-state index >= 15 is 0 Å². The summed E-state index contributed by atoms with van der Waals surface area (Å²) in [4.78, 5) is 22.5. The van der Waals surface area contributed by atoms with Gasteiger partial charge in [0.1, 0.15) is 0 Å². The van der Waals surface area contributed by atoms with Crippen molar-refractivity contribution < 1.29 is 23.1 Å². The number of carboxylic acid groups (broad SMARTS) is 1. The van der Waals surface area contributed by atoms with Crippen LogP contribution in [0.3, 0.4) is 0 Å². The number of carbonyl (C=O) groups is 2. The van der Waals surface area contributed by atoms with Crippen LogP contribution in [0.2, 0.25) is 0 Å². The Labute approximate surface area is 129 Å². The Bertz CT molecular complexity index is 680. The number of benzene rings is 1. The molecule has 2 rings (SSSR count). The molecule has 1 aromatic rings. The summed E-state index contributed by atoms with van der Waals surface area (Å²) in [5, 5.41) is 9.15. The third-order valence-electron chi connectivity index (χ3n) is 3.87. The first-order chi connectivity index (χ1) is 10.2. The number of hydrogen-bond acceptors (Lipinski definition) is 4. The van der Waals surface area contributed by atoms with Gasteiger partial charge in [0.2, 0.25) is 10.0 Å². The molecular weight excluding hydrogens is 306 g/mol. The van der Waals surface area contributed by atoms with E-state index in [0.29, 0.717) is 18.5 Å². The van der Waals surface area contributed by atoms with Crippen LogP contribution in [0, 0.1) is 11.8 Å². The molecule has 22 heavy (non-hydrogen) atoms. The van der Waals surface area contributed by atoms with Crippen LogP contribution in [-0.2, 0) is 14.8 Å². The molecule has 1 fully saturated rings. The van der Waals surface area contributed by atoms with E-state index in [1.165, 1.54) is 35.5 Å². The van der Waals surface area contributed by atoms with Gasteiger partial charge in [-0.25, -0.2) is 8.42 Å². The monoisotopic (exact) mass is 325 g/mol. The number of aliphatic carboxylic acids is 1. The standard InChI is InChI=1S/C15H19NO5S/c1-10-7-13(15(18)19)9-16(8-10)22(20,21)14-5-3-12(4-6-14)11(2)17/h3-6,10,13H,7-9H2,1-2H3,(H,18,19). The summed E-state index contributed by atoms with van der Waals surface area (Å²) in [6, 6.07) is 5.72. The number of ketones is 1. The Hall–Kier alpha value is -1.73. The molecule has 0 bridgehead atoms. The van der Waals surface area contributed by atoms with Gasteiger partial charge in [0.15, 0.2) is 5.78 Å². The van der Waals surface area contributed by atoms with E-state index < -0.39 is 21.9 Å². The second-order valence-electron chi connectivity index (χ2n) is 5.78. The van der Waals surface area contributed by atoms with Gasteiger partial charge < -0.3 is 5.11 Å². The van der Waals surface area contributed by atoms with E-state index in [-0.39, 0.29) is 23.1 Å².